The van der Waals surface area contributed by atoms with Crippen molar-refractivity contribution in [1.82, 2.24) is 4.98 Å². The summed E-state index contributed by atoms with van der Waals surface area (Å²) >= 11 is 0. The molecule has 0 unspecified atom stereocenters. The molecule has 0 amide bonds. The standard InChI is InChI=1S/C21H17N5O/c22-13-16-7-1-2-9-19(16)26-15-25(20-10-3-4-11-21(20)27)14-18(24-26)17-8-5-6-12-23-17/h1-12,27H,14-15H2. The molecule has 0 saturated carbocycles. The molecule has 0 bridgehead atoms. The number of phenols is 1. The van der Waals surface area contributed by atoms with Crippen LogP contribution in [0.4, 0.5) is 11.4 Å². The Morgan fingerprint density at radius 2 is 1.67 bits per heavy atom. The number of nitriles is 1. The molecule has 3 aromatic rings. The van der Waals surface area contributed by atoms with Gasteiger partial charge >= 0.3 is 0 Å². The Bertz CT molecular complexity index is 1030. The van der Waals surface area contributed by atoms with Crippen LogP contribution in [-0.4, -0.2) is 29.0 Å². The number of pyridine rings is 1. The summed E-state index contributed by atoms with van der Waals surface area (Å²) in [5.41, 5.74) is 3.49. The van der Waals surface area contributed by atoms with Crippen molar-refractivity contribution in [2.45, 2.75) is 0 Å². The maximum atomic E-state index is 10.3. The van der Waals surface area contributed by atoms with Crippen molar-refractivity contribution in [3.05, 3.63) is 84.2 Å². The minimum absolute atomic E-state index is 0.202. The maximum Gasteiger partial charge on any atom is 0.138 e. The molecule has 6 nitrogen and oxygen atoms in total. The Kier molecular flexibility index (Phi) is 4.42. The first kappa shape index (κ1) is 16.6. The van der Waals surface area contributed by atoms with Crippen LogP contribution in [0.5, 0.6) is 5.75 Å². The second-order valence-electron chi connectivity index (χ2n) is 6.12. The Morgan fingerprint density at radius 3 is 2.41 bits per heavy atom. The van der Waals surface area contributed by atoms with Crippen molar-refractivity contribution in [3.8, 4) is 11.8 Å². The summed E-state index contributed by atoms with van der Waals surface area (Å²) < 4.78 is 0. The van der Waals surface area contributed by atoms with Gasteiger partial charge in [-0.3, -0.25) is 4.98 Å². The van der Waals surface area contributed by atoms with Gasteiger partial charge in [0.2, 0.25) is 0 Å². The predicted octanol–water partition coefficient (Wildman–Crippen LogP) is 3.35. The summed E-state index contributed by atoms with van der Waals surface area (Å²) in [5.74, 6) is 0.202. The monoisotopic (exact) mass is 355 g/mol. The van der Waals surface area contributed by atoms with E-state index in [1.165, 1.54) is 0 Å². The van der Waals surface area contributed by atoms with E-state index in [0.717, 1.165) is 11.4 Å². The molecule has 0 saturated heterocycles. The van der Waals surface area contributed by atoms with E-state index in [0.29, 0.717) is 30.2 Å². The zero-order valence-corrected chi connectivity index (χ0v) is 14.5. The molecule has 2 aromatic carbocycles. The summed E-state index contributed by atoms with van der Waals surface area (Å²) in [6, 6.07) is 22.4. The quantitative estimate of drug-likeness (QED) is 0.780. The van der Waals surface area contributed by atoms with E-state index in [1.54, 1.807) is 29.4 Å². The normalized spacial score (nSPS) is 13.8. The van der Waals surface area contributed by atoms with Gasteiger partial charge in [0.25, 0.3) is 0 Å². The van der Waals surface area contributed by atoms with Crippen LogP contribution in [0.1, 0.15) is 11.3 Å². The first-order valence-electron chi connectivity index (χ1n) is 8.55. The van der Waals surface area contributed by atoms with Crippen molar-refractivity contribution >= 4 is 17.1 Å². The molecule has 6 heteroatoms. The molecule has 1 aromatic heterocycles. The number of aromatic hydroxyl groups is 1. The van der Waals surface area contributed by atoms with Crippen molar-refractivity contribution in [3.63, 3.8) is 0 Å². The maximum absolute atomic E-state index is 10.3. The second kappa shape index (κ2) is 7.18. The number of aromatic nitrogens is 1. The Morgan fingerprint density at radius 1 is 0.926 bits per heavy atom. The Hall–Kier alpha value is -3.85. The van der Waals surface area contributed by atoms with Crippen molar-refractivity contribution in [1.29, 1.82) is 5.26 Å². The van der Waals surface area contributed by atoms with E-state index in [2.05, 4.69) is 11.1 Å². The van der Waals surface area contributed by atoms with E-state index in [4.69, 9.17) is 5.10 Å². The van der Waals surface area contributed by atoms with Crippen LogP contribution in [-0.2, 0) is 0 Å². The second-order valence-corrected chi connectivity index (χ2v) is 6.12. The van der Waals surface area contributed by atoms with Gasteiger partial charge in [0, 0.05) is 6.20 Å². The fourth-order valence-electron chi connectivity index (χ4n) is 3.08. The van der Waals surface area contributed by atoms with E-state index in [-0.39, 0.29) is 5.75 Å². The summed E-state index contributed by atoms with van der Waals surface area (Å²) in [6.45, 7) is 0.909. The van der Waals surface area contributed by atoms with Gasteiger partial charge in [-0.05, 0) is 36.4 Å². The van der Waals surface area contributed by atoms with Gasteiger partial charge in [0.1, 0.15) is 24.2 Å². The lowest BCUT2D eigenvalue weighted by Gasteiger charge is -2.36. The van der Waals surface area contributed by atoms with Gasteiger partial charge in [-0.15, -0.1) is 0 Å². The lowest BCUT2D eigenvalue weighted by Crippen LogP contribution is -2.45. The molecule has 1 N–H and O–H groups in total. The number of anilines is 2. The van der Waals surface area contributed by atoms with Crippen LogP contribution in [0.2, 0.25) is 0 Å². The van der Waals surface area contributed by atoms with Gasteiger partial charge in [-0.2, -0.15) is 10.4 Å². The Labute approximate surface area is 157 Å². The summed E-state index contributed by atoms with van der Waals surface area (Å²) in [7, 11) is 0. The molecule has 2 heterocycles. The van der Waals surface area contributed by atoms with Crippen LogP contribution in [0, 0.1) is 11.3 Å². The average Bonchev–Trinajstić information content (AvgIpc) is 2.74. The third kappa shape index (κ3) is 3.31. The molecule has 0 atom stereocenters. The van der Waals surface area contributed by atoms with Gasteiger partial charge in [0.05, 0.1) is 29.2 Å². The molecule has 132 valence electrons. The number of rotatable bonds is 3. The highest BCUT2D eigenvalue weighted by Crippen LogP contribution is 2.30. The molecule has 4 rings (SSSR count). The lowest BCUT2D eigenvalue weighted by atomic mass is 10.1. The number of hydrogen-bond acceptors (Lipinski definition) is 6. The highest BCUT2D eigenvalue weighted by Gasteiger charge is 2.25. The SMILES string of the molecule is N#Cc1ccccc1N1CN(c2ccccc2O)CC(c2ccccn2)=N1. The zero-order chi connectivity index (χ0) is 18.6. The fraction of sp³-hybridized carbons (Fsp3) is 0.0952. The number of benzene rings is 2. The molecule has 0 radical (unpaired) electrons. The molecule has 1 aliphatic rings. The molecule has 0 aliphatic carbocycles. The van der Waals surface area contributed by atoms with Crippen molar-refractivity contribution < 1.29 is 5.11 Å². The summed E-state index contributed by atoms with van der Waals surface area (Å²) in [4.78, 5) is 6.43. The molecular weight excluding hydrogens is 338 g/mol. The van der Waals surface area contributed by atoms with Crippen LogP contribution in [0.15, 0.2) is 78.0 Å². The zero-order valence-electron chi connectivity index (χ0n) is 14.5. The highest BCUT2D eigenvalue weighted by molar-refractivity contribution is 6.03. The van der Waals surface area contributed by atoms with E-state index in [9.17, 15) is 10.4 Å². The van der Waals surface area contributed by atoms with Gasteiger partial charge < -0.3 is 10.0 Å². The first-order chi connectivity index (χ1) is 13.3. The van der Waals surface area contributed by atoms with E-state index < -0.39 is 0 Å². The predicted molar refractivity (Wildman–Crippen MR) is 105 cm³/mol. The van der Waals surface area contributed by atoms with Crippen molar-refractivity contribution in [2.75, 3.05) is 23.1 Å². The van der Waals surface area contributed by atoms with Crippen molar-refractivity contribution in [2.24, 2.45) is 5.10 Å². The van der Waals surface area contributed by atoms with E-state index in [1.807, 2.05) is 53.4 Å². The number of phenolic OH excluding ortho intramolecular Hbond substituents is 1. The number of hydrazone groups is 1. The number of hydrogen-bond donors (Lipinski definition) is 1. The average molecular weight is 355 g/mol. The van der Waals surface area contributed by atoms with Gasteiger partial charge in [-0.1, -0.05) is 30.3 Å². The van der Waals surface area contributed by atoms with E-state index >= 15 is 0 Å². The molecule has 0 fully saturated rings. The third-order valence-electron chi connectivity index (χ3n) is 4.37. The molecule has 27 heavy (non-hydrogen) atoms. The van der Waals surface area contributed by atoms with Crippen LogP contribution < -0.4 is 9.91 Å². The lowest BCUT2D eigenvalue weighted by molar-refractivity contribution is 0.474. The number of nitrogens with zero attached hydrogens (tertiary/aromatic N) is 5. The third-order valence-corrected chi connectivity index (χ3v) is 4.37. The number of para-hydroxylation sites is 3. The Balaban J connectivity index is 1.80. The topological polar surface area (TPSA) is 75.8 Å². The summed E-state index contributed by atoms with van der Waals surface area (Å²) in [5, 5.41) is 26.3. The molecule has 1 aliphatic heterocycles. The van der Waals surface area contributed by atoms with Crippen LogP contribution in [0.25, 0.3) is 0 Å². The minimum Gasteiger partial charge on any atom is -0.506 e. The highest BCUT2D eigenvalue weighted by atomic mass is 16.3. The van der Waals surface area contributed by atoms with Crippen LogP contribution in [0.3, 0.4) is 0 Å². The smallest absolute Gasteiger partial charge is 0.138 e. The first-order valence-corrected chi connectivity index (χ1v) is 8.55. The van der Waals surface area contributed by atoms with Gasteiger partial charge in [0.15, 0.2) is 0 Å². The van der Waals surface area contributed by atoms with Crippen LogP contribution >= 0.6 is 0 Å². The summed E-state index contributed by atoms with van der Waals surface area (Å²) in [6.07, 6.45) is 1.73. The molecule has 0 spiro atoms. The molecular formula is C21H17N5O. The minimum atomic E-state index is 0.202. The van der Waals surface area contributed by atoms with Gasteiger partial charge in [-0.25, -0.2) is 5.01 Å². The largest absolute Gasteiger partial charge is 0.506 e. The fourth-order valence-corrected chi connectivity index (χ4v) is 3.08.